The molecule has 0 aliphatic rings. The van der Waals surface area contributed by atoms with Gasteiger partial charge in [-0.3, -0.25) is 0 Å². The number of rotatable bonds is 5. The zero-order valence-electron chi connectivity index (χ0n) is 12.0. The first-order chi connectivity index (χ1) is 9.99. The summed E-state index contributed by atoms with van der Waals surface area (Å²) in [6, 6.07) is 10.1. The summed E-state index contributed by atoms with van der Waals surface area (Å²) in [4.78, 5) is 0. The summed E-state index contributed by atoms with van der Waals surface area (Å²) < 4.78 is 19.3. The number of hydrogen-bond acceptors (Lipinski definition) is 3. The van der Waals surface area contributed by atoms with Gasteiger partial charge in [0.15, 0.2) is 0 Å². The molecule has 0 aromatic heterocycles. The molecule has 0 saturated carbocycles. The van der Waals surface area contributed by atoms with Crippen LogP contribution < -0.4 is 15.8 Å². The Morgan fingerprint density at radius 3 is 2.81 bits per heavy atom. The van der Waals surface area contributed by atoms with Crippen molar-refractivity contribution in [1.29, 1.82) is 0 Å². The van der Waals surface area contributed by atoms with Gasteiger partial charge >= 0.3 is 0 Å². The van der Waals surface area contributed by atoms with Crippen LogP contribution in [0.1, 0.15) is 20.3 Å². The molecule has 0 aliphatic carbocycles. The second kappa shape index (κ2) is 6.68. The Labute approximate surface area is 128 Å². The van der Waals surface area contributed by atoms with Gasteiger partial charge in [0, 0.05) is 17.8 Å². The highest BCUT2D eigenvalue weighted by Crippen LogP contribution is 2.30. The molecule has 1 atom stereocenters. The lowest BCUT2D eigenvalue weighted by atomic mass is 10.2. The molecule has 0 heterocycles. The van der Waals surface area contributed by atoms with Gasteiger partial charge in [0.1, 0.15) is 11.6 Å². The molecule has 3 nitrogen and oxygen atoms in total. The van der Waals surface area contributed by atoms with E-state index in [9.17, 15) is 4.39 Å². The van der Waals surface area contributed by atoms with E-state index in [0.29, 0.717) is 11.4 Å². The van der Waals surface area contributed by atoms with Gasteiger partial charge in [-0.05, 0) is 31.5 Å². The molecule has 2 rings (SSSR count). The number of nitrogens with two attached hydrogens (primary N) is 1. The first-order valence-electron chi connectivity index (χ1n) is 6.78. The lowest BCUT2D eigenvalue weighted by Gasteiger charge is -2.15. The van der Waals surface area contributed by atoms with Crippen LogP contribution in [0.5, 0.6) is 5.75 Å². The molecule has 5 heteroatoms. The molecule has 0 radical (unpaired) electrons. The summed E-state index contributed by atoms with van der Waals surface area (Å²) in [7, 11) is 0. The van der Waals surface area contributed by atoms with Gasteiger partial charge in [-0.15, -0.1) is 0 Å². The maximum absolute atomic E-state index is 13.5. The maximum Gasteiger partial charge on any atom is 0.144 e. The second-order valence-electron chi connectivity index (χ2n) is 4.84. The smallest absolute Gasteiger partial charge is 0.144 e. The van der Waals surface area contributed by atoms with Crippen molar-refractivity contribution in [1.82, 2.24) is 0 Å². The first-order valence-corrected chi connectivity index (χ1v) is 7.15. The molecule has 0 fully saturated rings. The van der Waals surface area contributed by atoms with Gasteiger partial charge in [0.2, 0.25) is 0 Å². The number of hydrogen-bond donors (Lipinski definition) is 2. The number of halogens is 2. The highest BCUT2D eigenvalue weighted by atomic mass is 35.5. The van der Waals surface area contributed by atoms with E-state index in [0.717, 1.165) is 17.9 Å². The lowest BCUT2D eigenvalue weighted by Crippen LogP contribution is -2.09. The second-order valence-corrected chi connectivity index (χ2v) is 5.25. The Kier molecular flexibility index (Phi) is 4.91. The molecular formula is C16H18ClFN2O. The van der Waals surface area contributed by atoms with Crippen molar-refractivity contribution in [3.05, 3.63) is 47.2 Å². The van der Waals surface area contributed by atoms with E-state index in [2.05, 4.69) is 12.2 Å². The molecule has 2 aromatic rings. The van der Waals surface area contributed by atoms with Gasteiger partial charge < -0.3 is 15.8 Å². The largest absolute Gasteiger partial charge is 0.491 e. The fraction of sp³-hybridized carbons (Fsp3) is 0.250. The third kappa shape index (κ3) is 4.02. The number of nitrogen functional groups attached to an aromatic ring is 1. The fourth-order valence-corrected chi connectivity index (χ4v) is 1.96. The zero-order chi connectivity index (χ0) is 15.4. The topological polar surface area (TPSA) is 47.3 Å². The van der Waals surface area contributed by atoms with Crippen molar-refractivity contribution >= 4 is 28.7 Å². The number of ether oxygens (including phenoxy) is 1. The summed E-state index contributed by atoms with van der Waals surface area (Å²) >= 11 is 5.68. The van der Waals surface area contributed by atoms with E-state index in [-0.39, 0.29) is 11.1 Å². The summed E-state index contributed by atoms with van der Waals surface area (Å²) in [5, 5.41) is 3.07. The SMILES string of the molecule is CCC(C)Oc1cccc(Nc2cc(F)c(Cl)cc2N)c1. The van der Waals surface area contributed by atoms with Gasteiger partial charge in [-0.1, -0.05) is 24.6 Å². The van der Waals surface area contributed by atoms with E-state index >= 15 is 0 Å². The van der Waals surface area contributed by atoms with Crippen molar-refractivity contribution in [2.24, 2.45) is 0 Å². The third-order valence-corrected chi connectivity index (χ3v) is 3.41. The van der Waals surface area contributed by atoms with Crippen LogP contribution >= 0.6 is 11.6 Å². The number of benzene rings is 2. The summed E-state index contributed by atoms with van der Waals surface area (Å²) in [5.74, 6) is 0.239. The van der Waals surface area contributed by atoms with Gasteiger partial charge in [-0.2, -0.15) is 0 Å². The van der Waals surface area contributed by atoms with Gasteiger partial charge in [0.05, 0.1) is 22.5 Å². The standard InChI is InChI=1S/C16H18ClFN2O/c1-3-10(2)21-12-6-4-5-11(7-12)20-16-9-14(18)13(17)8-15(16)19/h4-10,20H,3,19H2,1-2H3. The fourth-order valence-electron chi connectivity index (χ4n) is 1.79. The molecule has 0 aliphatic heterocycles. The molecular weight excluding hydrogens is 291 g/mol. The monoisotopic (exact) mass is 308 g/mol. The minimum Gasteiger partial charge on any atom is -0.491 e. The van der Waals surface area contributed by atoms with Crippen LogP contribution in [-0.4, -0.2) is 6.10 Å². The average Bonchev–Trinajstić information content (AvgIpc) is 2.45. The average molecular weight is 309 g/mol. The van der Waals surface area contributed by atoms with E-state index in [1.54, 1.807) is 0 Å². The van der Waals surface area contributed by atoms with E-state index in [1.165, 1.54) is 12.1 Å². The molecule has 0 bridgehead atoms. The molecule has 0 saturated heterocycles. The van der Waals surface area contributed by atoms with E-state index in [1.807, 2.05) is 31.2 Å². The molecule has 0 amide bonds. The lowest BCUT2D eigenvalue weighted by molar-refractivity contribution is 0.217. The number of nitrogens with one attached hydrogen (secondary N) is 1. The van der Waals surface area contributed by atoms with Crippen molar-refractivity contribution in [3.63, 3.8) is 0 Å². The van der Waals surface area contributed by atoms with Gasteiger partial charge in [-0.25, -0.2) is 4.39 Å². The molecule has 1 unspecified atom stereocenters. The third-order valence-electron chi connectivity index (χ3n) is 3.12. The molecule has 3 N–H and O–H groups in total. The molecule has 21 heavy (non-hydrogen) atoms. The van der Waals surface area contributed by atoms with E-state index < -0.39 is 5.82 Å². The minimum absolute atomic E-state index is 0.00639. The molecule has 0 spiro atoms. The first kappa shape index (κ1) is 15.4. The predicted octanol–water partition coefficient (Wildman–Crippen LogP) is 4.98. The Bertz CT molecular complexity index is 634. The molecule has 2 aromatic carbocycles. The van der Waals surface area contributed by atoms with E-state index in [4.69, 9.17) is 22.1 Å². The van der Waals surface area contributed by atoms with Crippen molar-refractivity contribution in [2.75, 3.05) is 11.1 Å². The van der Waals surface area contributed by atoms with Crippen LogP contribution in [0.4, 0.5) is 21.5 Å². The quantitative estimate of drug-likeness (QED) is 0.766. The highest BCUT2D eigenvalue weighted by molar-refractivity contribution is 6.31. The minimum atomic E-state index is -0.514. The summed E-state index contributed by atoms with van der Waals surface area (Å²) in [6.07, 6.45) is 1.06. The van der Waals surface area contributed by atoms with Crippen LogP contribution in [0.2, 0.25) is 5.02 Å². The van der Waals surface area contributed by atoms with Gasteiger partial charge in [0.25, 0.3) is 0 Å². The Balaban J connectivity index is 2.20. The van der Waals surface area contributed by atoms with Crippen LogP contribution in [0.15, 0.2) is 36.4 Å². The highest BCUT2D eigenvalue weighted by Gasteiger charge is 2.07. The normalized spacial score (nSPS) is 12.0. The van der Waals surface area contributed by atoms with Crippen LogP contribution in [0.3, 0.4) is 0 Å². The Hall–Kier alpha value is -1.94. The van der Waals surface area contributed by atoms with Crippen LogP contribution in [0.25, 0.3) is 0 Å². The zero-order valence-corrected chi connectivity index (χ0v) is 12.7. The number of anilines is 3. The van der Waals surface area contributed by atoms with Crippen molar-refractivity contribution in [2.45, 2.75) is 26.4 Å². The van der Waals surface area contributed by atoms with Crippen molar-refractivity contribution in [3.8, 4) is 5.75 Å². The Morgan fingerprint density at radius 1 is 1.33 bits per heavy atom. The maximum atomic E-state index is 13.5. The Morgan fingerprint density at radius 2 is 2.10 bits per heavy atom. The van der Waals surface area contributed by atoms with Crippen molar-refractivity contribution < 1.29 is 9.13 Å². The summed E-state index contributed by atoms with van der Waals surface area (Å²) in [5.41, 5.74) is 7.46. The predicted molar refractivity (Wildman–Crippen MR) is 85.9 cm³/mol. The van der Waals surface area contributed by atoms with Crippen LogP contribution in [-0.2, 0) is 0 Å². The summed E-state index contributed by atoms with van der Waals surface area (Å²) in [6.45, 7) is 4.07. The van der Waals surface area contributed by atoms with Crippen LogP contribution in [0, 0.1) is 5.82 Å². The molecule has 112 valence electrons.